The lowest BCUT2D eigenvalue weighted by Gasteiger charge is -2.20. The topological polar surface area (TPSA) is 50.3 Å². The minimum absolute atomic E-state index is 0.0786. The number of aromatic nitrogens is 1. The number of hydrogen-bond acceptors (Lipinski definition) is 4. The van der Waals surface area contributed by atoms with Crippen LogP contribution in [0.25, 0.3) is 0 Å². The van der Waals surface area contributed by atoms with Gasteiger partial charge >= 0.3 is 0 Å². The van der Waals surface area contributed by atoms with Crippen LogP contribution in [-0.4, -0.2) is 23.7 Å². The van der Waals surface area contributed by atoms with Gasteiger partial charge in [-0.15, -0.1) is 11.3 Å². The summed E-state index contributed by atoms with van der Waals surface area (Å²) in [5.41, 5.74) is 0.884. The van der Waals surface area contributed by atoms with Gasteiger partial charge in [-0.3, -0.25) is 4.98 Å². The molecule has 0 N–H and O–H groups in total. The minimum atomic E-state index is -3.53. The van der Waals surface area contributed by atoms with E-state index in [4.69, 9.17) is 11.6 Å². The first-order valence-corrected chi connectivity index (χ1v) is 9.77. The second kappa shape index (κ2) is 5.96. The van der Waals surface area contributed by atoms with Crippen LogP contribution < -0.4 is 0 Å². The fraction of sp³-hybridized carbons (Fsp3) is 0.308. The van der Waals surface area contributed by atoms with Crippen LogP contribution in [0.15, 0.2) is 38.6 Å². The van der Waals surface area contributed by atoms with E-state index in [9.17, 15) is 8.42 Å². The lowest BCUT2D eigenvalue weighted by Crippen LogP contribution is -2.32. The summed E-state index contributed by atoms with van der Waals surface area (Å²) in [5.74, 6) is 0. The number of sulfonamides is 1. The van der Waals surface area contributed by atoms with Crippen molar-refractivity contribution in [3.05, 3.63) is 45.0 Å². The third-order valence-electron chi connectivity index (χ3n) is 3.20. The average Bonchev–Trinajstić information content (AvgIpc) is 3.23. The van der Waals surface area contributed by atoms with E-state index in [-0.39, 0.29) is 10.3 Å². The predicted octanol–water partition coefficient (Wildman–Crippen LogP) is 3.91. The van der Waals surface area contributed by atoms with Crippen LogP contribution in [0.1, 0.15) is 18.4 Å². The highest BCUT2D eigenvalue weighted by Crippen LogP contribution is 2.39. The highest BCUT2D eigenvalue weighted by molar-refractivity contribution is 9.11. The molecule has 4 nitrogen and oxygen atoms in total. The van der Waals surface area contributed by atoms with E-state index >= 15 is 0 Å². The molecule has 0 bridgehead atoms. The molecule has 8 heteroatoms. The molecule has 3 rings (SSSR count). The Balaban J connectivity index is 1.93. The molecule has 1 aliphatic rings. The molecule has 0 aromatic carbocycles. The summed E-state index contributed by atoms with van der Waals surface area (Å²) >= 11 is 10.4. The van der Waals surface area contributed by atoms with Crippen LogP contribution in [0.5, 0.6) is 0 Å². The molecule has 0 saturated heterocycles. The summed E-state index contributed by atoms with van der Waals surface area (Å²) in [4.78, 5) is 4.04. The zero-order valence-corrected chi connectivity index (χ0v) is 14.8. The first-order valence-electron chi connectivity index (χ1n) is 6.34. The number of rotatable bonds is 5. The molecule has 0 aliphatic heterocycles. The van der Waals surface area contributed by atoms with Crippen molar-refractivity contribution >= 4 is 48.9 Å². The van der Waals surface area contributed by atoms with E-state index in [1.54, 1.807) is 16.7 Å². The minimum Gasteiger partial charge on any atom is -0.264 e. The van der Waals surface area contributed by atoms with Crippen molar-refractivity contribution in [3.63, 3.8) is 0 Å². The Bertz CT molecular complexity index is 725. The van der Waals surface area contributed by atoms with Crippen molar-refractivity contribution in [1.29, 1.82) is 0 Å². The Morgan fingerprint density at radius 3 is 2.76 bits per heavy atom. The SMILES string of the molecule is O=S(=O)(c1cc(Cl)c(Br)s1)N(Cc1cccnc1)C1CC1. The van der Waals surface area contributed by atoms with Gasteiger partial charge < -0.3 is 0 Å². The summed E-state index contributed by atoms with van der Waals surface area (Å²) in [7, 11) is -3.53. The number of halogens is 2. The Morgan fingerprint density at radius 1 is 1.48 bits per heavy atom. The summed E-state index contributed by atoms with van der Waals surface area (Å²) in [5, 5.41) is 0.427. The van der Waals surface area contributed by atoms with Crippen molar-refractivity contribution < 1.29 is 8.42 Å². The molecule has 0 spiro atoms. The van der Waals surface area contributed by atoms with Crippen molar-refractivity contribution in [1.82, 2.24) is 9.29 Å². The Labute approximate surface area is 140 Å². The van der Waals surface area contributed by atoms with Gasteiger partial charge in [0, 0.05) is 25.0 Å². The standard InChI is InChI=1S/C13H12BrClN2O2S2/c14-13-11(15)6-12(20-13)21(18,19)17(10-3-4-10)8-9-2-1-5-16-7-9/h1-2,5-7,10H,3-4,8H2. The van der Waals surface area contributed by atoms with Gasteiger partial charge in [0.2, 0.25) is 0 Å². The van der Waals surface area contributed by atoms with E-state index in [0.717, 1.165) is 29.7 Å². The second-order valence-electron chi connectivity index (χ2n) is 4.83. The van der Waals surface area contributed by atoms with Crippen molar-refractivity contribution in [3.8, 4) is 0 Å². The Morgan fingerprint density at radius 2 is 2.24 bits per heavy atom. The van der Waals surface area contributed by atoms with E-state index in [1.807, 2.05) is 12.1 Å². The molecule has 2 heterocycles. The van der Waals surface area contributed by atoms with Crippen molar-refractivity contribution in [2.45, 2.75) is 29.6 Å². The largest absolute Gasteiger partial charge is 0.264 e. The first-order chi connectivity index (χ1) is 9.98. The molecule has 0 radical (unpaired) electrons. The number of nitrogens with zero attached hydrogens (tertiary/aromatic N) is 2. The lowest BCUT2D eigenvalue weighted by atomic mass is 10.3. The van der Waals surface area contributed by atoms with Gasteiger partial charge in [0.25, 0.3) is 10.0 Å². The molecular weight excluding hydrogens is 396 g/mol. The van der Waals surface area contributed by atoms with E-state index in [2.05, 4.69) is 20.9 Å². The van der Waals surface area contributed by atoms with Crippen molar-refractivity contribution in [2.75, 3.05) is 0 Å². The smallest absolute Gasteiger partial charge is 0.253 e. The molecule has 0 amide bonds. The molecule has 2 aromatic heterocycles. The van der Waals surface area contributed by atoms with Crippen LogP contribution in [0.4, 0.5) is 0 Å². The normalized spacial score (nSPS) is 15.6. The highest BCUT2D eigenvalue weighted by atomic mass is 79.9. The van der Waals surface area contributed by atoms with Gasteiger partial charge in [0.05, 0.1) is 8.81 Å². The zero-order valence-electron chi connectivity index (χ0n) is 10.9. The molecule has 21 heavy (non-hydrogen) atoms. The maximum atomic E-state index is 12.8. The maximum absolute atomic E-state index is 12.8. The molecular formula is C13H12BrClN2O2S2. The first kappa shape index (κ1) is 15.4. The summed E-state index contributed by atoms with van der Waals surface area (Å²) in [6, 6.07) is 5.28. The third-order valence-corrected chi connectivity index (χ3v) is 8.02. The Kier molecular flexibility index (Phi) is 4.38. The van der Waals surface area contributed by atoms with Gasteiger partial charge in [0.15, 0.2) is 0 Å². The van der Waals surface area contributed by atoms with Crippen LogP contribution in [0.3, 0.4) is 0 Å². The number of pyridine rings is 1. The van der Waals surface area contributed by atoms with Gasteiger partial charge in [0.1, 0.15) is 4.21 Å². The monoisotopic (exact) mass is 406 g/mol. The summed E-state index contributed by atoms with van der Waals surface area (Å²) in [6.45, 7) is 0.341. The fourth-order valence-electron chi connectivity index (χ4n) is 2.01. The molecule has 0 atom stereocenters. The predicted molar refractivity (Wildman–Crippen MR) is 87.0 cm³/mol. The summed E-state index contributed by atoms with van der Waals surface area (Å²) in [6.07, 6.45) is 5.18. The fourth-order valence-corrected chi connectivity index (χ4v) is 6.22. The van der Waals surface area contributed by atoms with Crippen molar-refractivity contribution in [2.24, 2.45) is 0 Å². The number of hydrogen-bond donors (Lipinski definition) is 0. The molecule has 1 fully saturated rings. The third kappa shape index (κ3) is 3.32. The van der Waals surface area contributed by atoms with Crippen LogP contribution in [0.2, 0.25) is 5.02 Å². The molecule has 0 unspecified atom stereocenters. The van der Waals surface area contributed by atoms with Gasteiger partial charge in [-0.25, -0.2) is 8.42 Å². The quantitative estimate of drug-likeness (QED) is 0.755. The van der Waals surface area contributed by atoms with Crippen LogP contribution in [-0.2, 0) is 16.6 Å². The maximum Gasteiger partial charge on any atom is 0.253 e. The van der Waals surface area contributed by atoms with E-state index < -0.39 is 10.0 Å². The number of thiophene rings is 1. The van der Waals surface area contributed by atoms with E-state index in [0.29, 0.717) is 15.4 Å². The molecule has 112 valence electrons. The molecule has 2 aromatic rings. The zero-order chi connectivity index (χ0) is 15.0. The van der Waals surface area contributed by atoms with Gasteiger partial charge in [-0.2, -0.15) is 4.31 Å². The summed E-state index contributed by atoms with van der Waals surface area (Å²) < 4.78 is 28.1. The van der Waals surface area contributed by atoms with Gasteiger partial charge in [-0.1, -0.05) is 17.7 Å². The highest BCUT2D eigenvalue weighted by Gasteiger charge is 2.39. The van der Waals surface area contributed by atoms with Crippen LogP contribution in [0, 0.1) is 0 Å². The second-order valence-corrected chi connectivity index (χ2v) is 9.72. The molecule has 1 saturated carbocycles. The average molecular weight is 408 g/mol. The molecule has 1 aliphatic carbocycles. The van der Waals surface area contributed by atoms with Gasteiger partial charge in [-0.05, 0) is 46.5 Å². The van der Waals surface area contributed by atoms with Crippen LogP contribution >= 0.6 is 38.9 Å². The Hall–Kier alpha value is -0.470. The van der Waals surface area contributed by atoms with E-state index in [1.165, 1.54) is 6.07 Å². The lowest BCUT2D eigenvalue weighted by molar-refractivity contribution is 0.399.